The summed E-state index contributed by atoms with van der Waals surface area (Å²) in [7, 11) is 3.08. The summed E-state index contributed by atoms with van der Waals surface area (Å²) in [6.07, 6.45) is 1.74. The number of hydrogen-bond donors (Lipinski definition) is 2. The average Bonchev–Trinajstić information content (AvgIpc) is 3.47. The van der Waals surface area contributed by atoms with Gasteiger partial charge in [0.1, 0.15) is 11.5 Å². The Morgan fingerprint density at radius 3 is 2.45 bits per heavy atom. The number of benzene rings is 2. The summed E-state index contributed by atoms with van der Waals surface area (Å²) in [6, 6.07) is 17.1. The summed E-state index contributed by atoms with van der Waals surface area (Å²) in [5.41, 5.74) is 5.19. The van der Waals surface area contributed by atoms with Crippen LogP contribution in [-0.4, -0.2) is 39.7 Å². The van der Waals surface area contributed by atoms with Gasteiger partial charge < -0.3 is 29.6 Å². The van der Waals surface area contributed by atoms with Gasteiger partial charge in [-0.05, 0) is 74.1 Å². The van der Waals surface area contributed by atoms with Crippen LogP contribution in [0.1, 0.15) is 41.7 Å². The monoisotopic (exact) mass is 586 g/mol. The topological polar surface area (TPSA) is 124 Å². The van der Waals surface area contributed by atoms with E-state index in [0.29, 0.717) is 28.0 Å². The van der Waals surface area contributed by atoms with Gasteiger partial charge in [-0.2, -0.15) is 0 Å². The fourth-order valence-electron chi connectivity index (χ4n) is 5.51. The zero-order valence-corrected chi connectivity index (χ0v) is 24.6. The van der Waals surface area contributed by atoms with Crippen molar-refractivity contribution in [2.45, 2.75) is 32.9 Å². The smallest absolute Gasteiger partial charge is 0.271 e. The number of carbonyl (C=O) groups is 1. The minimum Gasteiger partial charge on any atom is -0.495 e. The van der Waals surface area contributed by atoms with Crippen molar-refractivity contribution in [1.29, 1.82) is 0 Å². The number of aromatic nitrogens is 2. The molecular formula is C30H30N6O5S. The van der Waals surface area contributed by atoms with Gasteiger partial charge in [0.25, 0.3) is 5.69 Å². The summed E-state index contributed by atoms with van der Waals surface area (Å²) < 4.78 is 13.0. The van der Waals surface area contributed by atoms with Gasteiger partial charge in [-0.25, -0.2) is 0 Å². The fourth-order valence-corrected chi connectivity index (χ4v) is 5.85. The van der Waals surface area contributed by atoms with Gasteiger partial charge in [-0.3, -0.25) is 19.9 Å². The highest BCUT2D eigenvalue weighted by Gasteiger charge is 2.42. The molecule has 2 N–H and O–H groups in total. The molecule has 1 aliphatic heterocycles. The van der Waals surface area contributed by atoms with Crippen LogP contribution in [-0.2, 0) is 4.79 Å². The van der Waals surface area contributed by atoms with Crippen LogP contribution >= 0.6 is 12.2 Å². The summed E-state index contributed by atoms with van der Waals surface area (Å²) in [5.74, 6) is 0.785. The molecule has 0 radical (unpaired) electrons. The molecule has 1 saturated heterocycles. The lowest BCUT2D eigenvalue weighted by Crippen LogP contribution is -2.29. The Bertz CT molecular complexity index is 1690. The van der Waals surface area contributed by atoms with Gasteiger partial charge in [0.15, 0.2) is 5.11 Å². The van der Waals surface area contributed by atoms with Crippen molar-refractivity contribution < 1.29 is 19.2 Å². The lowest BCUT2D eigenvalue weighted by molar-refractivity contribution is -0.384. The molecule has 12 heteroatoms. The van der Waals surface area contributed by atoms with Crippen LogP contribution in [0.15, 0.2) is 66.9 Å². The Labute approximate surface area is 248 Å². The SMILES string of the molecule is COc1ccc(N2C(=S)N[C@H](c3ccccn3)[C@H]2c2cc(C)n(-c3cc([N+](=O)[O-])ccc3OC)c2C)cc1NC(C)=O. The quantitative estimate of drug-likeness (QED) is 0.155. The van der Waals surface area contributed by atoms with E-state index >= 15 is 0 Å². The predicted molar refractivity (Wildman–Crippen MR) is 164 cm³/mol. The molecule has 1 aliphatic rings. The van der Waals surface area contributed by atoms with Crippen molar-refractivity contribution >= 4 is 40.3 Å². The molecule has 11 nitrogen and oxygen atoms in total. The fraction of sp³-hybridized carbons (Fsp3) is 0.233. The van der Waals surface area contributed by atoms with Gasteiger partial charge in [-0.15, -0.1) is 0 Å². The molecule has 0 aliphatic carbocycles. The molecule has 42 heavy (non-hydrogen) atoms. The van der Waals surface area contributed by atoms with Crippen molar-refractivity contribution in [2.75, 3.05) is 24.4 Å². The van der Waals surface area contributed by atoms with Crippen LogP contribution in [0.3, 0.4) is 0 Å². The first-order valence-corrected chi connectivity index (χ1v) is 13.5. The number of thiocarbonyl (C=S) groups is 1. The largest absolute Gasteiger partial charge is 0.495 e. The highest BCUT2D eigenvalue weighted by Crippen LogP contribution is 2.45. The Morgan fingerprint density at radius 1 is 1.07 bits per heavy atom. The molecule has 3 heterocycles. The van der Waals surface area contributed by atoms with Crippen molar-refractivity contribution in [3.8, 4) is 17.2 Å². The van der Waals surface area contributed by atoms with Gasteiger partial charge in [-0.1, -0.05) is 6.07 Å². The van der Waals surface area contributed by atoms with Gasteiger partial charge >= 0.3 is 0 Å². The number of carbonyl (C=O) groups excluding carboxylic acids is 1. The van der Waals surface area contributed by atoms with Crippen molar-refractivity contribution in [2.24, 2.45) is 0 Å². The first-order chi connectivity index (χ1) is 20.1. The number of aryl methyl sites for hydroxylation is 1. The number of nitro groups is 1. The molecule has 216 valence electrons. The van der Waals surface area contributed by atoms with E-state index in [9.17, 15) is 14.9 Å². The molecule has 0 saturated carbocycles. The van der Waals surface area contributed by atoms with Gasteiger partial charge in [0.05, 0.1) is 48.3 Å². The summed E-state index contributed by atoms with van der Waals surface area (Å²) >= 11 is 5.90. The zero-order valence-electron chi connectivity index (χ0n) is 23.7. The van der Waals surface area contributed by atoms with Crippen molar-refractivity contribution in [3.05, 3.63) is 99.6 Å². The average molecular weight is 587 g/mol. The molecule has 2 aromatic carbocycles. The molecule has 1 fully saturated rings. The summed E-state index contributed by atoms with van der Waals surface area (Å²) in [5, 5.41) is 18.4. The molecule has 0 spiro atoms. The van der Waals surface area contributed by atoms with Crippen LogP contribution in [0.4, 0.5) is 17.1 Å². The predicted octanol–water partition coefficient (Wildman–Crippen LogP) is 5.55. The Balaban J connectivity index is 1.71. The highest BCUT2D eigenvalue weighted by atomic mass is 32.1. The number of ether oxygens (including phenoxy) is 2. The third-order valence-corrected chi connectivity index (χ3v) is 7.59. The standard InChI is InChI=1S/C30H30N6O5S/c1-17-14-22(18(2)34(17)25-16-21(36(38)39)10-12-27(25)41-5)29-28(23-8-6-7-13-31-23)33-30(42)35(29)20-9-11-26(40-4)24(15-20)32-19(3)37/h6-16,28-29H,1-5H3,(H,32,37)(H,33,42)/t28-,29-/m1/s1. The Morgan fingerprint density at radius 2 is 1.81 bits per heavy atom. The molecule has 2 aromatic heterocycles. The number of nitrogens with zero attached hydrogens (tertiary/aromatic N) is 4. The van der Waals surface area contributed by atoms with E-state index in [0.717, 1.165) is 28.3 Å². The molecule has 1 amide bonds. The Kier molecular flexibility index (Phi) is 7.81. The maximum absolute atomic E-state index is 12.0. The number of hydrogen-bond acceptors (Lipinski definition) is 7. The molecule has 5 rings (SSSR count). The highest BCUT2D eigenvalue weighted by molar-refractivity contribution is 7.80. The third kappa shape index (κ3) is 5.12. The lowest BCUT2D eigenvalue weighted by atomic mass is 9.96. The maximum Gasteiger partial charge on any atom is 0.271 e. The first kappa shape index (κ1) is 28.6. The second-order valence-electron chi connectivity index (χ2n) is 9.84. The number of anilines is 2. The van der Waals surface area contributed by atoms with Gasteiger partial charge in [0, 0.05) is 42.3 Å². The lowest BCUT2D eigenvalue weighted by Gasteiger charge is -2.29. The minimum atomic E-state index is -0.424. The molecule has 0 bridgehead atoms. The van der Waals surface area contributed by atoms with E-state index in [1.807, 2.05) is 53.6 Å². The van der Waals surface area contributed by atoms with E-state index < -0.39 is 4.92 Å². The van der Waals surface area contributed by atoms with Crippen LogP contribution in [0.5, 0.6) is 11.5 Å². The second-order valence-corrected chi connectivity index (χ2v) is 10.2. The van der Waals surface area contributed by atoms with Crippen LogP contribution < -0.4 is 25.0 Å². The number of amides is 1. The number of rotatable bonds is 8. The second kappa shape index (κ2) is 11.5. The van der Waals surface area contributed by atoms with Crippen molar-refractivity contribution in [1.82, 2.24) is 14.9 Å². The number of nitro benzene ring substituents is 1. The maximum atomic E-state index is 12.0. The molecular weight excluding hydrogens is 556 g/mol. The molecule has 0 unspecified atom stereocenters. The van der Waals surface area contributed by atoms with Crippen LogP contribution in [0.25, 0.3) is 5.69 Å². The zero-order chi connectivity index (χ0) is 30.1. The minimum absolute atomic E-state index is 0.0414. The van der Waals surface area contributed by atoms with E-state index in [1.54, 1.807) is 25.4 Å². The Hall–Kier alpha value is -4.97. The number of methoxy groups -OCH3 is 2. The summed E-state index contributed by atoms with van der Waals surface area (Å²) in [4.78, 5) is 29.8. The van der Waals surface area contributed by atoms with Crippen LogP contribution in [0, 0.1) is 24.0 Å². The number of non-ortho nitro benzene ring substituents is 1. The summed E-state index contributed by atoms with van der Waals surface area (Å²) in [6.45, 7) is 5.34. The number of pyridine rings is 1. The van der Waals surface area contributed by atoms with Crippen LogP contribution in [0.2, 0.25) is 0 Å². The molecule has 2 atom stereocenters. The normalized spacial score (nSPS) is 16.2. The van der Waals surface area contributed by atoms with E-state index in [4.69, 9.17) is 21.7 Å². The van der Waals surface area contributed by atoms with E-state index in [-0.39, 0.29) is 23.7 Å². The van der Waals surface area contributed by atoms with E-state index in [1.165, 1.54) is 26.2 Å². The van der Waals surface area contributed by atoms with E-state index in [2.05, 4.69) is 21.7 Å². The molecule has 4 aromatic rings. The third-order valence-electron chi connectivity index (χ3n) is 7.27. The van der Waals surface area contributed by atoms with Crippen molar-refractivity contribution in [3.63, 3.8) is 0 Å². The number of nitrogens with one attached hydrogen (secondary N) is 2. The van der Waals surface area contributed by atoms with Gasteiger partial charge in [0.2, 0.25) is 5.91 Å². The first-order valence-electron chi connectivity index (χ1n) is 13.1.